The van der Waals surface area contributed by atoms with E-state index in [1.165, 1.54) is 5.56 Å². The molecule has 3 aliphatic rings. The molecule has 0 bridgehead atoms. The molecule has 0 aliphatic heterocycles. The second kappa shape index (κ2) is 9.26. The van der Waals surface area contributed by atoms with Crippen LogP contribution in [0.4, 0.5) is 4.79 Å². The van der Waals surface area contributed by atoms with Crippen LogP contribution in [0.2, 0.25) is 0 Å². The van der Waals surface area contributed by atoms with Gasteiger partial charge in [-0.15, -0.1) is 0 Å². The Bertz CT molecular complexity index is 1320. The van der Waals surface area contributed by atoms with Gasteiger partial charge >= 0.3 is 6.09 Å². The molecule has 8 nitrogen and oxygen atoms in total. The van der Waals surface area contributed by atoms with E-state index >= 15 is 0 Å². The average molecular weight is 515 g/mol. The van der Waals surface area contributed by atoms with E-state index in [4.69, 9.17) is 14.2 Å². The predicted molar refractivity (Wildman–Crippen MR) is 142 cm³/mol. The lowest BCUT2D eigenvalue weighted by Crippen LogP contribution is -2.43. The van der Waals surface area contributed by atoms with Crippen LogP contribution in [0.15, 0.2) is 59.1 Å². The van der Waals surface area contributed by atoms with Crippen molar-refractivity contribution in [1.29, 1.82) is 0 Å². The molecular formula is C30H34N4O4. The lowest BCUT2D eigenvalue weighted by Gasteiger charge is -2.30. The van der Waals surface area contributed by atoms with E-state index in [9.17, 15) is 9.59 Å². The molecule has 8 heteroatoms. The molecule has 1 heterocycles. The molecule has 3 saturated carbocycles. The third-order valence-electron chi connectivity index (χ3n) is 7.55. The molecule has 6 rings (SSSR count). The summed E-state index contributed by atoms with van der Waals surface area (Å²) >= 11 is 0. The maximum atomic E-state index is 13.3. The minimum atomic E-state index is -0.579. The molecule has 0 spiro atoms. The molecule has 0 radical (unpaired) electrons. The van der Waals surface area contributed by atoms with E-state index in [-0.39, 0.29) is 23.5 Å². The normalized spacial score (nSPS) is 21.4. The summed E-state index contributed by atoms with van der Waals surface area (Å²) in [5.74, 6) is 1.28. The largest absolute Gasteiger partial charge is 0.444 e. The maximum Gasteiger partial charge on any atom is 0.410 e. The second-order valence-electron chi connectivity index (χ2n) is 12.0. The van der Waals surface area contributed by atoms with Crippen LogP contribution in [0, 0.1) is 0 Å². The van der Waals surface area contributed by atoms with Crippen LogP contribution in [-0.4, -0.2) is 51.3 Å². The molecule has 1 aromatic heterocycles. The Morgan fingerprint density at radius 2 is 1.79 bits per heavy atom. The standard InChI is InChI=1S/C30H34N4O4/c1-29(2,3)37-28(36)34(24-17-23(24)19-7-5-4-6-8-19)18-30(15-16-30)27-32-26(38-33-27)21-11-9-20(10-12-21)25(35)31-22-13-14-22/h4-12,22-24H,13-18H2,1-3H3,(H,31,35)/t23-,24?/m1/s1. The Kier molecular flexibility index (Phi) is 6.00. The highest BCUT2D eigenvalue weighted by Crippen LogP contribution is 2.52. The molecule has 0 saturated heterocycles. The number of amides is 2. The van der Waals surface area contributed by atoms with Gasteiger partial charge in [0.2, 0.25) is 0 Å². The van der Waals surface area contributed by atoms with Gasteiger partial charge in [-0.1, -0.05) is 35.5 Å². The molecule has 198 valence electrons. The number of ether oxygens (including phenoxy) is 1. The van der Waals surface area contributed by atoms with Gasteiger partial charge in [-0.25, -0.2) is 4.79 Å². The van der Waals surface area contributed by atoms with Crippen molar-refractivity contribution in [2.45, 2.75) is 81.9 Å². The number of nitrogens with one attached hydrogen (secondary N) is 1. The van der Waals surface area contributed by atoms with Crippen LogP contribution in [0.3, 0.4) is 0 Å². The van der Waals surface area contributed by atoms with Crippen molar-refractivity contribution in [2.24, 2.45) is 0 Å². The van der Waals surface area contributed by atoms with Crippen molar-refractivity contribution in [3.8, 4) is 11.5 Å². The zero-order valence-corrected chi connectivity index (χ0v) is 22.1. The van der Waals surface area contributed by atoms with Gasteiger partial charge < -0.3 is 19.5 Å². The topological polar surface area (TPSA) is 97.6 Å². The number of benzene rings is 2. The summed E-state index contributed by atoms with van der Waals surface area (Å²) < 4.78 is 11.5. The number of rotatable bonds is 8. The number of nitrogens with zero attached hydrogens (tertiary/aromatic N) is 3. The molecular weight excluding hydrogens is 480 g/mol. The Morgan fingerprint density at radius 1 is 1.08 bits per heavy atom. The monoisotopic (exact) mass is 514 g/mol. The zero-order valence-electron chi connectivity index (χ0n) is 22.1. The third kappa shape index (κ3) is 5.30. The van der Waals surface area contributed by atoms with E-state index in [1.807, 2.05) is 56.0 Å². The number of hydrogen-bond acceptors (Lipinski definition) is 6. The first-order valence-corrected chi connectivity index (χ1v) is 13.5. The van der Waals surface area contributed by atoms with Gasteiger partial charge in [0, 0.05) is 35.7 Å². The Morgan fingerprint density at radius 3 is 2.42 bits per heavy atom. The second-order valence-corrected chi connectivity index (χ2v) is 12.0. The summed E-state index contributed by atoms with van der Waals surface area (Å²) in [5, 5.41) is 7.33. The Hall–Kier alpha value is -3.68. The van der Waals surface area contributed by atoms with E-state index in [0.717, 1.165) is 37.7 Å². The summed E-state index contributed by atoms with van der Waals surface area (Å²) in [5.41, 5.74) is 1.70. The van der Waals surface area contributed by atoms with Gasteiger partial charge in [-0.05, 0) is 82.7 Å². The van der Waals surface area contributed by atoms with Crippen LogP contribution in [0.5, 0.6) is 0 Å². The van der Waals surface area contributed by atoms with Crippen LogP contribution in [0.25, 0.3) is 11.5 Å². The van der Waals surface area contributed by atoms with E-state index < -0.39 is 5.60 Å². The molecule has 2 amide bonds. The highest BCUT2D eigenvalue weighted by molar-refractivity contribution is 5.94. The first-order valence-electron chi connectivity index (χ1n) is 13.5. The molecule has 3 aromatic rings. The van der Waals surface area contributed by atoms with E-state index in [2.05, 4.69) is 22.6 Å². The smallest absolute Gasteiger partial charge is 0.410 e. The number of aromatic nitrogens is 2. The molecule has 2 atom stereocenters. The van der Waals surface area contributed by atoms with Crippen molar-refractivity contribution >= 4 is 12.0 Å². The van der Waals surface area contributed by atoms with Crippen LogP contribution in [-0.2, 0) is 10.2 Å². The van der Waals surface area contributed by atoms with Crippen molar-refractivity contribution in [3.63, 3.8) is 0 Å². The summed E-state index contributed by atoms with van der Waals surface area (Å²) in [6.45, 7) is 6.17. The van der Waals surface area contributed by atoms with Gasteiger partial charge in [0.25, 0.3) is 11.8 Å². The lowest BCUT2D eigenvalue weighted by atomic mass is 10.1. The Labute approximate surface area is 222 Å². The van der Waals surface area contributed by atoms with E-state index in [1.54, 1.807) is 12.1 Å². The molecule has 3 aliphatic carbocycles. The molecule has 1 N–H and O–H groups in total. The van der Waals surface area contributed by atoms with Gasteiger partial charge in [-0.2, -0.15) is 4.98 Å². The van der Waals surface area contributed by atoms with Crippen molar-refractivity contribution in [3.05, 3.63) is 71.5 Å². The first kappa shape index (κ1) is 24.6. The van der Waals surface area contributed by atoms with Crippen LogP contribution >= 0.6 is 0 Å². The maximum absolute atomic E-state index is 13.3. The summed E-state index contributed by atoms with van der Waals surface area (Å²) in [6.07, 6.45) is 4.49. The van der Waals surface area contributed by atoms with Crippen LogP contribution in [0.1, 0.15) is 80.5 Å². The highest BCUT2D eigenvalue weighted by atomic mass is 16.6. The fourth-order valence-corrected chi connectivity index (χ4v) is 4.97. The van der Waals surface area contributed by atoms with Gasteiger partial charge in [0.1, 0.15) is 5.60 Å². The molecule has 2 aromatic carbocycles. The van der Waals surface area contributed by atoms with Gasteiger partial charge in [0.15, 0.2) is 5.82 Å². The quantitative estimate of drug-likeness (QED) is 0.429. The van der Waals surface area contributed by atoms with Crippen molar-refractivity contribution < 1.29 is 18.8 Å². The first-order chi connectivity index (χ1) is 18.2. The zero-order chi connectivity index (χ0) is 26.5. The fourth-order valence-electron chi connectivity index (χ4n) is 4.97. The third-order valence-corrected chi connectivity index (χ3v) is 7.55. The number of hydrogen-bond donors (Lipinski definition) is 1. The van der Waals surface area contributed by atoms with Crippen LogP contribution < -0.4 is 5.32 Å². The SMILES string of the molecule is CC(C)(C)OC(=O)N(CC1(c2noc(-c3ccc(C(=O)NC4CC4)cc3)n2)CC1)C1C[C@@H]1c1ccccc1. The van der Waals surface area contributed by atoms with Gasteiger partial charge in [0.05, 0.1) is 5.41 Å². The summed E-state index contributed by atoms with van der Waals surface area (Å²) in [7, 11) is 0. The highest BCUT2D eigenvalue weighted by Gasteiger charge is 2.55. The summed E-state index contributed by atoms with van der Waals surface area (Å²) in [6, 6.07) is 18.0. The van der Waals surface area contributed by atoms with Crippen molar-refractivity contribution in [1.82, 2.24) is 20.4 Å². The fraction of sp³-hybridized carbons (Fsp3) is 0.467. The van der Waals surface area contributed by atoms with Crippen molar-refractivity contribution in [2.75, 3.05) is 6.54 Å². The lowest BCUT2D eigenvalue weighted by molar-refractivity contribution is 0.0208. The number of carbonyl (C=O) groups is 2. The summed E-state index contributed by atoms with van der Waals surface area (Å²) in [4.78, 5) is 32.3. The molecule has 38 heavy (non-hydrogen) atoms. The minimum absolute atomic E-state index is 0.0571. The number of carbonyl (C=O) groups excluding carboxylic acids is 2. The Balaban J connectivity index is 1.18. The van der Waals surface area contributed by atoms with E-state index in [0.29, 0.717) is 35.8 Å². The average Bonchev–Trinajstić information content (AvgIpc) is 3.81. The minimum Gasteiger partial charge on any atom is -0.444 e. The molecule has 3 fully saturated rings. The molecule has 1 unspecified atom stereocenters. The predicted octanol–water partition coefficient (Wildman–Crippen LogP) is 5.45. The van der Waals surface area contributed by atoms with Gasteiger partial charge in [-0.3, -0.25) is 4.79 Å².